The molecule has 0 spiro atoms. The molecule has 1 atom stereocenters. The smallest absolute Gasteiger partial charge is 0.339 e. The van der Waals surface area contributed by atoms with Crippen molar-refractivity contribution < 1.29 is 33.3 Å². The van der Waals surface area contributed by atoms with Crippen LogP contribution in [0.1, 0.15) is 29.3 Å². The van der Waals surface area contributed by atoms with Crippen LogP contribution in [0.5, 0.6) is 23.0 Å². The lowest BCUT2D eigenvalue weighted by molar-refractivity contribution is -0.129. The Morgan fingerprint density at radius 2 is 1.84 bits per heavy atom. The van der Waals surface area contributed by atoms with Crippen molar-refractivity contribution in [2.24, 2.45) is 0 Å². The van der Waals surface area contributed by atoms with Gasteiger partial charge in [-0.3, -0.25) is 4.79 Å². The Labute approximate surface area is 185 Å². The molecule has 1 aliphatic rings. The molecular formula is C22H24ClNO7. The zero-order valence-corrected chi connectivity index (χ0v) is 18.3. The van der Waals surface area contributed by atoms with E-state index < -0.39 is 18.0 Å². The van der Waals surface area contributed by atoms with Crippen molar-refractivity contribution in [1.82, 2.24) is 5.32 Å². The first-order valence-electron chi connectivity index (χ1n) is 9.71. The number of carbonyl (C=O) groups is 2. The first-order valence-corrected chi connectivity index (χ1v) is 10.1. The van der Waals surface area contributed by atoms with Crippen LogP contribution in [0.15, 0.2) is 30.3 Å². The lowest BCUT2D eigenvalue weighted by Gasteiger charge is -2.15. The summed E-state index contributed by atoms with van der Waals surface area (Å²) in [7, 11) is 3.08. The lowest BCUT2D eigenvalue weighted by Crippen LogP contribution is -2.35. The summed E-state index contributed by atoms with van der Waals surface area (Å²) in [6, 6.07) is 8.25. The van der Waals surface area contributed by atoms with E-state index in [1.54, 1.807) is 25.3 Å². The summed E-state index contributed by atoms with van der Waals surface area (Å²) < 4.78 is 26.9. The van der Waals surface area contributed by atoms with Crippen LogP contribution in [0, 0.1) is 0 Å². The van der Waals surface area contributed by atoms with E-state index in [-0.39, 0.29) is 17.1 Å². The number of rotatable bonds is 7. The highest BCUT2D eigenvalue weighted by Crippen LogP contribution is 2.38. The molecular weight excluding hydrogens is 426 g/mol. The molecule has 166 valence electrons. The predicted octanol–water partition coefficient (Wildman–Crippen LogP) is 3.38. The highest BCUT2D eigenvalue weighted by Gasteiger charge is 2.23. The van der Waals surface area contributed by atoms with Gasteiger partial charge in [0.15, 0.2) is 29.1 Å². The maximum absolute atomic E-state index is 12.5. The first kappa shape index (κ1) is 22.6. The average Bonchev–Trinajstić information content (AvgIpc) is 3.03. The first-order chi connectivity index (χ1) is 14.9. The second kappa shape index (κ2) is 10.3. The monoisotopic (exact) mass is 449 g/mol. The van der Waals surface area contributed by atoms with Crippen molar-refractivity contribution in [3.63, 3.8) is 0 Å². The third-order valence-corrected chi connectivity index (χ3v) is 4.89. The van der Waals surface area contributed by atoms with Crippen LogP contribution in [0.4, 0.5) is 0 Å². The number of benzene rings is 2. The Balaban J connectivity index is 1.60. The van der Waals surface area contributed by atoms with E-state index in [1.807, 2.05) is 0 Å². The van der Waals surface area contributed by atoms with Crippen molar-refractivity contribution in [2.75, 3.05) is 27.4 Å². The van der Waals surface area contributed by atoms with Gasteiger partial charge in [-0.25, -0.2) is 4.79 Å². The molecule has 1 N–H and O–H groups in total. The Kier molecular flexibility index (Phi) is 7.46. The van der Waals surface area contributed by atoms with Crippen molar-refractivity contribution in [3.05, 3.63) is 46.5 Å². The van der Waals surface area contributed by atoms with Crippen molar-refractivity contribution >= 4 is 23.5 Å². The van der Waals surface area contributed by atoms with Crippen molar-refractivity contribution in [1.29, 1.82) is 0 Å². The molecule has 1 aliphatic heterocycles. The van der Waals surface area contributed by atoms with Gasteiger partial charge >= 0.3 is 5.97 Å². The zero-order valence-electron chi connectivity index (χ0n) is 17.5. The number of hydrogen-bond acceptors (Lipinski definition) is 7. The molecule has 0 radical (unpaired) electrons. The van der Waals surface area contributed by atoms with E-state index in [9.17, 15) is 9.59 Å². The van der Waals surface area contributed by atoms with E-state index in [2.05, 4.69) is 5.32 Å². The summed E-state index contributed by atoms with van der Waals surface area (Å²) in [5.74, 6) is 0.794. The van der Waals surface area contributed by atoms with E-state index in [1.165, 1.54) is 26.2 Å². The molecule has 31 heavy (non-hydrogen) atoms. The van der Waals surface area contributed by atoms with Crippen LogP contribution in [-0.2, 0) is 16.1 Å². The molecule has 0 aromatic heterocycles. The van der Waals surface area contributed by atoms with Crippen LogP contribution >= 0.6 is 11.6 Å². The topological polar surface area (TPSA) is 92.3 Å². The third-order valence-electron chi connectivity index (χ3n) is 4.61. The van der Waals surface area contributed by atoms with Crippen molar-refractivity contribution in [2.45, 2.75) is 26.0 Å². The number of esters is 1. The van der Waals surface area contributed by atoms with Gasteiger partial charge in [-0.1, -0.05) is 17.7 Å². The molecule has 0 saturated heterocycles. The SMILES string of the molecule is COc1ccc(CNC(=O)C(C)OC(=O)c2cc(Cl)c3c(c2)OCCCO3)cc1OC. The molecule has 3 rings (SSSR count). The van der Waals surface area contributed by atoms with E-state index >= 15 is 0 Å². The fourth-order valence-electron chi connectivity index (χ4n) is 2.95. The highest BCUT2D eigenvalue weighted by molar-refractivity contribution is 6.32. The normalized spacial score (nSPS) is 13.5. The van der Waals surface area contributed by atoms with Gasteiger partial charge in [0.05, 0.1) is 38.0 Å². The highest BCUT2D eigenvalue weighted by atomic mass is 35.5. The van der Waals surface area contributed by atoms with Gasteiger partial charge < -0.3 is 29.0 Å². The number of halogens is 1. The minimum atomic E-state index is -1.01. The molecule has 1 heterocycles. The Morgan fingerprint density at radius 1 is 1.10 bits per heavy atom. The minimum Gasteiger partial charge on any atom is -0.493 e. The van der Waals surface area contributed by atoms with Gasteiger partial charge in [0.1, 0.15) is 0 Å². The fraction of sp³-hybridized carbons (Fsp3) is 0.364. The molecule has 9 heteroatoms. The van der Waals surface area contributed by atoms with E-state index in [0.29, 0.717) is 42.6 Å². The molecule has 2 aromatic carbocycles. The number of methoxy groups -OCH3 is 2. The van der Waals surface area contributed by atoms with Gasteiger partial charge in [-0.15, -0.1) is 0 Å². The van der Waals surface area contributed by atoms with Crippen molar-refractivity contribution in [3.8, 4) is 23.0 Å². The average molecular weight is 450 g/mol. The summed E-state index contributed by atoms with van der Waals surface area (Å²) in [6.07, 6.45) is -0.301. The number of fused-ring (bicyclic) bond motifs is 1. The van der Waals surface area contributed by atoms with E-state index in [4.69, 9.17) is 35.3 Å². The van der Waals surface area contributed by atoms with Gasteiger partial charge in [0.2, 0.25) is 0 Å². The van der Waals surface area contributed by atoms with Crippen LogP contribution in [0.2, 0.25) is 5.02 Å². The lowest BCUT2D eigenvalue weighted by atomic mass is 10.2. The maximum atomic E-state index is 12.5. The molecule has 0 fully saturated rings. The minimum absolute atomic E-state index is 0.175. The second-order valence-corrected chi connectivity index (χ2v) is 7.20. The molecule has 8 nitrogen and oxygen atoms in total. The van der Waals surface area contributed by atoms with Crippen LogP contribution in [-0.4, -0.2) is 45.4 Å². The molecule has 2 aromatic rings. The van der Waals surface area contributed by atoms with Crippen LogP contribution < -0.4 is 24.3 Å². The second-order valence-electron chi connectivity index (χ2n) is 6.79. The summed E-state index contributed by atoms with van der Waals surface area (Å²) in [6.45, 7) is 2.66. The number of hydrogen-bond donors (Lipinski definition) is 1. The summed E-state index contributed by atoms with van der Waals surface area (Å²) in [4.78, 5) is 24.9. The van der Waals surface area contributed by atoms with Crippen LogP contribution in [0.25, 0.3) is 0 Å². The van der Waals surface area contributed by atoms with Gasteiger partial charge in [-0.05, 0) is 36.8 Å². The standard InChI is InChI=1S/C22H24ClNO7/c1-13(21(25)24-12-14-5-6-17(27-2)18(9-14)28-3)31-22(26)15-10-16(23)20-19(11-15)29-7-4-8-30-20/h5-6,9-11,13H,4,7-8,12H2,1-3H3,(H,24,25). The number of amides is 1. The van der Waals surface area contributed by atoms with Gasteiger partial charge in [0.25, 0.3) is 5.91 Å². The molecule has 1 amide bonds. The predicted molar refractivity (Wildman–Crippen MR) is 113 cm³/mol. The Bertz CT molecular complexity index is 963. The number of nitrogens with one attached hydrogen (secondary N) is 1. The summed E-state index contributed by atoms with van der Waals surface area (Å²) >= 11 is 6.22. The largest absolute Gasteiger partial charge is 0.493 e. The van der Waals surface area contributed by atoms with Crippen LogP contribution in [0.3, 0.4) is 0 Å². The molecule has 0 bridgehead atoms. The van der Waals surface area contributed by atoms with Gasteiger partial charge in [-0.2, -0.15) is 0 Å². The Hall–Kier alpha value is -3.13. The fourth-order valence-corrected chi connectivity index (χ4v) is 3.22. The zero-order chi connectivity index (χ0) is 22.4. The molecule has 0 saturated carbocycles. The summed E-state index contributed by atoms with van der Waals surface area (Å²) in [5.41, 5.74) is 0.980. The third kappa shape index (κ3) is 5.52. The number of ether oxygens (including phenoxy) is 5. The Morgan fingerprint density at radius 3 is 2.58 bits per heavy atom. The van der Waals surface area contributed by atoms with Gasteiger partial charge in [0, 0.05) is 13.0 Å². The van der Waals surface area contributed by atoms with E-state index in [0.717, 1.165) is 5.56 Å². The number of carbonyl (C=O) groups excluding carboxylic acids is 2. The summed E-state index contributed by atoms with van der Waals surface area (Å²) in [5, 5.41) is 2.98. The molecule has 1 unspecified atom stereocenters. The quantitative estimate of drug-likeness (QED) is 0.648. The maximum Gasteiger partial charge on any atom is 0.339 e. The molecule has 0 aliphatic carbocycles.